The first-order chi connectivity index (χ1) is 15.7. The van der Waals surface area contributed by atoms with Crippen LogP contribution in [0.4, 0.5) is 10.1 Å². The van der Waals surface area contributed by atoms with E-state index in [4.69, 9.17) is 0 Å². The summed E-state index contributed by atoms with van der Waals surface area (Å²) in [6, 6.07) is 13.4. The number of para-hydroxylation sites is 1. The Bertz CT molecular complexity index is 1070. The van der Waals surface area contributed by atoms with Crippen molar-refractivity contribution in [2.45, 2.75) is 51.2 Å². The molecule has 1 fully saturated rings. The molecule has 1 N–H and O–H groups in total. The molecule has 0 bridgehead atoms. The van der Waals surface area contributed by atoms with Gasteiger partial charge >= 0.3 is 0 Å². The van der Waals surface area contributed by atoms with Gasteiger partial charge in [-0.2, -0.15) is 0 Å². The van der Waals surface area contributed by atoms with E-state index >= 15 is 0 Å². The van der Waals surface area contributed by atoms with Crippen LogP contribution in [0.1, 0.15) is 38.2 Å². The van der Waals surface area contributed by atoms with Gasteiger partial charge in [0, 0.05) is 18.2 Å². The number of carbonyl (C=O) groups is 2. The number of anilines is 1. The maximum absolute atomic E-state index is 14.4. The topological polar surface area (TPSA) is 86.8 Å². The lowest BCUT2D eigenvalue weighted by atomic mass is 10.1. The van der Waals surface area contributed by atoms with E-state index in [1.54, 1.807) is 55.5 Å². The third kappa shape index (κ3) is 6.54. The van der Waals surface area contributed by atoms with Crippen LogP contribution < -0.4 is 9.62 Å². The monoisotopic (exact) mass is 475 g/mol. The second kappa shape index (κ2) is 10.8. The van der Waals surface area contributed by atoms with Gasteiger partial charge in [0.05, 0.1) is 11.9 Å². The summed E-state index contributed by atoms with van der Waals surface area (Å²) in [5.74, 6) is -1.43. The number of rotatable bonds is 9. The molecule has 2 aromatic carbocycles. The molecule has 0 saturated heterocycles. The van der Waals surface area contributed by atoms with Crippen LogP contribution in [0, 0.1) is 5.82 Å². The van der Waals surface area contributed by atoms with Gasteiger partial charge in [0.25, 0.3) is 0 Å². The minimum Gasteiger partial charge on any atom is -0.352 e. The second-order valence-electron chi connectivity index (χ2n) is 8.38. The molecule has 2 aromatic rings. The fourth-order valence-corrected chi connectivity index (χ4v) is 4.84. The number of nitrogens with zero attached hydrogens (tertiary/aromatic N) is 2. The second-order valence-corrected chi connectivity index (χ2v) is 10.3. The van der Waals surface area contributed by atoms with Crippen molar-refractivity contribution in [3.63, 3.8) is 0 Å². The third-order valence-corrected chi connectivity index (χ3v) is 7.03. The molecule has 0 spiro atoms. The highest BCUT2D eigenvalue weighted by molar-refractivity contribution is 7.92. The van der Waals surface area contributed by atoms with Crippen LogP contribution >= 0.6 is 0 Å². The quantitative estimate of drug-likeness (QED) is 0.604. The summed E-state index contributed by atoms with van der Waals surface area (Å²) in [6.07, 6.45) is 4.87. The molecule has 1 aliphatic rings. The van der Waals surface area contributed by atoms with Crippen LogP contribution in [0.5, 0.6) is 0 Å². The first-order valence-electron chi connectivity index (χ1n) is 11.0. The van der Waals surface area contributed by atoms with E-state index in [1.807, 2.05) is 0 Å². The Morgan fingerprint density at radius 3 is 2.27 bits per heavy atom. The lowest BCUT2D eigenvalue weighted by Crippen LogP contribution is -2.52. The molecule has 178 valence electrons. The molecular formula is C24H30FN3O4S. The smallest absolute Gasteiger partial charge is 0.244 e. The van der Waals surface area contributed by atoms with E-state index < -0.39 is 34.3 Å². The van der Waals surface area contributed by atoms with E-state index in [-0.39, 0.29) is 24.1 Å². The maximum Gasteiger partial charge on any atom is 0.244 e. The van der Waals surface area contributed by atoms with E-state index in [2.05, 4.69) is 5.32 Å². The lowest BCUT2D eigenvalue weighted by molar-refractivity contribution is -0.139. The molecule has 0 aliphatic heterocycles. The summed E-state index contributed by atoms with van der Waals surface area (Å²) < 4.78 is 40.3. The highest BCUT2D eigenvalue weighted by Gasteiger charge is 2.31. The van der Waals surface area contributed by atoms with Crippen LogP contribution in [0.2, 0.25) is 0 Å². The summed E-state index contributed by atoms with van der Waals surface area (Å²) >= 11 is 0. The Labute approximate surface area is 194 Å². The SMILES string of the molecule is C[C@H](C(=O)NC1CCCC1)N(Cc1ccccc1F)C(=O)CN(c1ccccc1)S(C)(=O)=O. The molecule has 0 aromatic heterocycles. The maximum atomic E-state index is 14.4. The Kier molecular flexibility index (Phi) is 8.07. The summed E-state index contributed by atoms with van der Waals surface area (Å²) in [4.78, 5) is 27.6. The highest BCUT2D eigenvalue weighted by atomic mass is 32.2. The van der Waals surface area contributed by atoms with Gasteiger partial charge in [-0.15, -0.1) is 0 Å². The molecule has 0 heterocycles. The van der Waals surface area contributed by atoms with Crippen molar-refractivity contribution in [2.75, 3.05) is 17.1 Å². The van der Waals surface area contributed by atoms with Crippen molar-refractivity contribution in [3.05, 3.63) is 66.0 Å². The van der Waals surface area contributed by atoms with E-state index in [0.717, 1.165) is 36.2 Å². The van der Waals surface area contributed by atoms with Crippen molar-refractivity contribution in [2.24, 2.45) is 0 Å². The van der Waals surface area contributed by atoms with Crippen LogP contribution in [-0.4, -0.2) is 50.0 Å². The Hall–Kier alpha value is -2.94. The van der Waals surface area contributed by atoms with Gasteiger partial charge in [-0.3, -0.25) is 13.9 Å². The zero-order chi connectivity index (χ0) is 24.0. The van der Waals surface area contributed by atoms with E-state index in [1.165, 1.54) is 11.0 Å². The molecule has 1 saturated carbocycles. The Morgan fingerprint density at radius 1 is 1.06 bits per heavy atom. The van der Waals surface area contributed by atoms with Gasteiger partial charge in [-0.05, 0) is 38.0 Å². The van der Waals surface area contributed by atoms with Gasteiger partial charge in [0.15, 0.2) is 0 Å². The Morgan fingerprint density at radius 2 is 1.67 bits per heavy atom. The average molecular weight is 476 g/mol. The predicted octanol–water partition coefficient (Wildman–Crippen LogP) is 3.07. The summed E-state index contributed by atoms with van der Waals surface area (Å²) in [6.45, 7) is 0.922. The van der Waals surface area contributed by atoms with E-state index in [9.17, 15) is 22.4 Å². The minimum absolute atomic E-state index is 0.0576. The molecule has 2 amide bonds. The number of sulfonamides is 1. The predicted molar refractivity (Wildman–Crippen MR) is 125 cm³/mol. The van der Waals surface area contributed by atoms with Crippen LogP contribution in [0.3, 0.4) is 0 Å². The van der Waals surface area contributed by atoms with Gasteiger partial charge in [-0.25, -0.2) is 12.8 Å². The zero-order valence-corrected chi connectivity index (χ0v) is 19.7. The fraction of sp³-hybridized carbons (Fsp3) is 0.417. The first kappa shape index (κ1) is 24.7. The van der Waals surface area contributed by atoms with Gasteiger partial charge < -0.3 is 10.2 Å². The van der Waals surface area contributed by atoms with Crippen molar-refractivity contribution >= 4 is 27.5 Å². The van der Waals surface area contributed by atoms with Gasteiger partial charge in [-0.1, -0.05) is 49.2 Å². The minimum atomic E-state index is -3.78. The first-order valence-corrected chi connectivity index (χ1v) is 12.9. The van der Waals surface area contributed by atoms with Crippen molar-refractivity contribution in [1.82, 2.24) is 10.2 Å². The van der Waals surface area contributed by atoms with Gasteiger partial charge in [0.2, 0.25) is 21.8 Å². The van der Waals surface area contributed by atoms with Gasteiger partial charge in [0.1, 0.15) is 18.4 Å². The molecule has 1 atom stereocenters. The molecular weight excluding hydrogens is 445 g/mol. The van der Waals surface area contributed by atoms with Crippen LogP contribution in [-0.2, 0) is 26.2 Å². The number of halogens is 1. The van der Waals surface area contributed by atoms with Crippen molar-refractivity contribution in [3.8, 4) is 0 Å². The van der Waals surface area contributed by atoms with Crippen LogP contribution in [0.15, 0.2) is 54.6 Å². The molecule has 33 heavy (non-hydrogen) atoms. The summed E-state index contributed by atoms with van der Waals surface area (Å²) in [7, 11) is -3.78. The fourth-order valence-electron chi connectivity index (χ4n) is 3.99. The standard InChI is InChI=1S/C24H30FN3O4S/c1-18(24(30)26-20-11-7-8-12-20)27(16-19-10-6-9-15-22(19)25)23(29)17-28(33(2,31)32)21-13-4-3-5-14-21/h3-6,9-10,13-15,18,20H,7-8,11-12,16-17H2,1-2H3,(H,26,30)/t18-/m1/s1. The normalized spacial score (nSPS) is 15.1. The highest BCUT2D eigenvalue weighted by Crippen LogP contribution is 2.21. The Balaban J connectivity index is 1.87. The van der Waals surface area contributed by atoms with Crippen molar-refractivity contribution in [1.29, 1.82) is 0 Å². The number of nitrogens with one attached hydrogen (secondary N) is 1. The molecule has 9 heteroatoms. The number of hydrogen-bond acceptors (Lipinski definition) is 4. The number of carbonyl (C=O) groups excluding carboxylic acids is 2. The summed E-state index contributed by atoms with van der Waals surface area (Å²) in [5, 5.41) is 2.97. The van der Waals surface area contributed by atoms with E-state index in [0.29, 0.717) is 5.69 Å². The summed E-state index contributed by atoms with van der Waals surface area (Å²) in [5.41, 5.74) is 0.583. The number of amides is 2. The molecule has 0 unspecified atom stereocenters. The average Bonchev–Trinajstić information content (AvgIpc) is 3.29. The molecule has 0 radical (unpaired) electrons. The lowest BCUT2D eigenvalue weighted by Gasteiger charge is -2.32. The van der Waals surface area contributed by atoms with Crippen LogP contribution in [0.25, 0.3) is 0 Å². The number of benzene rings is 2. The third-order valence-electron chi connectivity index (χ3n) is 5.89. The molecule has 1 aliphatic carbocycles. The zero-order valence-electron chi connectivity index (χ0n) is 18.9. The van der Waals surface area contributed by atoms with Crippen molar-refractivity contribution < 1.29 is 22.4 Å². The number of hydrogen-bond donors (Lipinski definition) is 1. The largest absolute Gasteiger partial charge is 0.352 e. The molecule has 7 nitrogen and oxygen atoms in total. The molecule has 3 rings (SSSR count).